The summed E-state index contributed by atoms with van der Waals surface area (Å²) in [5.74, 6) is -2.75. The highest BCUT2D eigenvalue weighted by Gasteiger charge is 2.77. The van der Waals surface area contributed by atoms with Crippen LogP contribution in [0.15, 0.2) is 12.2 Å². The minimum Gasteiger partial charge on any atom is -0.452 e. The Bertz CT molecular complexity index is 412. The van der Waals surface area contributed by atoms with Crippen molar-refractivity contribution in [3.63, 3.8) is 0 Å². The molecule has 21 heavy (non-hydrogen) atoms. The molecule has 0 aromatic rings. The molecule has 3 nitrogen and oxygen atoms in total. The van der Waals surface area contributed by atoms with Crippen molar-refractivity contribution < 1.29 is 41.0 Å². The molecule has 1 unspecified atom stereocenters. The lowest BCUT2D eigenvalue weighted by Crippen LogP contribution is -2.64. The number of carbonyl (C=O) groups excluding carboxylic acids is 1. The van der Waals surface area contributed by atoms with Crippen molar-refractivity contribution >= 4 is 5.97 Å². The van der Waals surface area contributed by atoms with E-state index in [2.05, 4.69) is 4.74 Å². The third-order valence-electron chi connectivity index (χ3n) is 3.40. The minimum absolute atomic E-state index is 0.00103. The summed E-state index contributed by atoms with van der Waals surface area (Å²) >= 11 is 0. The van der Waals surface area contributed by atoms with Gasteiger partial charge in [-0.1, -0.05) is 13.0 Å². The molecule has 1 aliphatic rings. The number of rotatable bonds is 3. The standard InChI is InChI=1S/C12H14F6O3/c1-2-9(6-4-3-5-7-9)21-8(19)10(20,11(13,14)15)12(16,17)18/h4,6,20H,2-3,5,7H2,1H3. The maximum Gasteiger partial charge on any atom is 0.437 e. The molecular formula is C12H14F6O3. The lowest BCUT2D eigenvalue weighted by Gasteiger charge is -2.37. The highest BCUT2D eigenvalue weighted by Crippen LogP contribution is 2.45. The maximum absolute atomic E-state index is 12.5. The van der Waals surface area contributed by atoms with Crippen LogP contribution in [0.5, 0.6) is 0 Å². The molecule has 0 aliphatic heterocycles. The molecule has 9 heteroatoms. The van der Waals surface area contributed by atoms with Gasteiger partial charge in [-0.15, -0.1) is 0 Å². The van der Waals surface area contributed by atoms with Crippen LogP contribution < -0.4 is 0 Å². The normalized spacial score (nSPS) is 24.0. The van der Waals surface area contributed by atoms with E-state index >= 15 is 0 Å². The van der Waals surface area contributed by atoms with E-state index in [1.165, 1.54) is 19.1 Å². The van der Waals surface area contributed by atoms with Gasteiger partial charge in [-0.2, -0.15) is 26.3 Å². The highest BCUT2D eigenvalue weighted by molar-refractivity contribution is 5.82. The van der Waals surface area contributed by atoms with Crippen LogP contribution in [-0.2, 0) is 9.53 Å². The summed E-state index contributed by atoms with van der Waals surface area (Å²) in [5, 5.41) is 8.94. The molecule has 1 N–H and O–H groups in total. The summed E-state index contributed by atoms with van der Waals surface area (Å²) in [5.41, 5.74) is -7.09. The van der Waals surface area contributed by atoms with Gasteiger partial charge < -0.3 is 9.84 Å². The lowest BCUT2D eigenvalue weighted by atomic mass is 9.88. The topological polar surface area (TPSA) is 46.5 Å². The molecule has 0 fully saturated rings. The van der Waals surface area contributed by atoms with E-state index in [0.29, 0.717) is 12.8 Å². The van der Waals surface area contributed by atoms with Crippen LogP contribution in [0.1, 0.15) is 32.6 Å². The fourth-order valence-electron chi connectivity index (χ4n) is 2.00. The van der Waals surface area contributed by atoms with E-state index in [-0.39, 0.29) is 12.8 Å². The van der Waals surface area contributed by atoms with Crippen molar-refractivity contribution in [1.82, 2.24) is 0 Å². The lowest BCUT2D eigenvalue weighted by molar-refractivity contribution is -0.359. The predicted octanol–water partition coefficient (Wildman–Crippen LogP) is 3.27. The number of hydrogen-bond acceptors (Lipinski definition) is 3. The molecule has 0 spiro atoms. The molecule has 0 radical (unpaired) electrons. The van der Waals surface area contributed by atoms with Gasteiger partial charge in [-0.25, -0.2) is 4.79 Å². The Hall–Kier alpha value is -1.25. The first-order chi connectivity index (χ1) is 9.40. The van der Waals surface area contributed by atoms with Crippen LogP contribution in [0.3, 0.4) is 0 Å². The largest absolute Gasteiger partial charge is 0.452 e. The Balaban J connectivity index is 3.14. The molecule has 1 aliphatic carbocycles. The van der Waals surface area contributed by atoms with Gasteiger partial charge >= 0.3 is 23.9 Å². The second kappa shape index (κ2) is 5.51. The Labute approximate surface area is 116 Å². The second-order valence-electron chi connectivity index (χ2n) is 4.81. The van der Waals surface area contributed by atoms with Gasteiger partial charge in [0.1, 0.15) is 5.60 Å². The number of carbonyl (C=O) groups is 1. The average molecular weight is 320 g/mol. The Morgan fingerprint density at radius 3 is 2.10 bits per heavy atom. The molecule has 0 aromatic carbocycles. The Kier molecular flexibility index (Phi) is 4.67. The van der Waals surface area contributed by atoms with Crippen LogP contribution in [0.25, 0.3) is 0 Å². The average Bonchev–Trinajstić information content (AvgIpc) is 2.36. The second-order valence-corrected chi connectivity index (χ2v) is 4.81. The van der Waals surface area contributed by atoms with Gasteiger partial charge in [0.2, 0.25) is 0 Å². The summed E-state index contributed by atoms with van der Waals surface area (Å²) in [6.45, 7) is 1.46. The van der Waals surface area contributed by atoms with Gasteiger partial charge in [0, 0.05) is 0 Å². The number of ether oxygens (including phenoxy) is 1. The van der Waals surface area contributed by atoms with Gasteiger partial charge in [0.25, 0.3) is 0 Å². The number of alkyl halides is 6. The first-order valence-corrected chi connectivity index (χ1v) is 6.16. The van der Waals surface area contributed by atoms with E-state index in [4.69, 9.17) is 5.11 Å². The van der Waals surface area contributed by atoms with Crippen molar-refractivity contribution in [2.24, 2.45) is 0 Å². The molecule has 0 heterocycles. The van der Waals surface area contributed by atoms with Crippen LogP contribution in [0.4, 0.5) is 26.3 Å². The Morgan fingerprint density at radius 2 is 1.76 bits per heavy atom. The highest BCUT2D eigenvalue weighted by atomic mass is 19.4. The predicted molar refractivity (Wildman–Crippen MR) is 59.2 cm³/mol. The first-order valence-electron chi connectivity index (χ1n) is 6.16. The molecule has 1 rings (SSSR count). The first kappa shape index (κ1) is 17.8. The van der Waals surface area contributed by atoms with Crippen LogP contribution in [0, 0.1) is 0 Å². The Morgan fingerprint density at radius 1 is 1.24 bits per heavy atom. The van der Waals surface area contributed by atoms with Gasteiger partial charge in [-0.05, 0) is 31.8 Å². The van der Waals surface area contributed by atoms with E-state index in [1.54, 1.807) is 0 Å². The molecule has 0 saturated carbocycles. The third-order valence-corrected chi connectivity index (χ3v) is 3.40. The summed E-state index contributed by atoms with van der Waals surface area (Å²) in [6.07, 6.45) is -8.54. The number of esters is 1. The minimum atomic E-state index is -6.23. The molecule has 1 atom stereocenters. The zero-order valence-electron chi connectivity index (χ0n) is 11.0. The fraction of sp³-hybridized carbons (Fsp3) is 0.750. The van der Waals surface area contributed by atoms with Crippen molar-refractivity contribution in [2.45, 2.75) is 56.2 Å². The number of aliphatic hydroxyl groups is 1. The zero-order valence-corrected chi connectivity index (χ0v) is 11.0. The van der Waals surface area contributed by atoms with E-state index in [9.17, 15) is 31.1 Å². The summed E-state index contributed by atoms with van der Waals surface area (Å²) in [4.78, 5) is 11.4. The van der Waals surface area contributed by atoms with E-state index in [0.717, 1.165) is 0 Å². The number of allylic oxidation sites excluding steroid dienone is 1. The molecule has 0 aromatic heterocycles. The van der Waals surface area contributed by atoms with Gasteiger partial charge in [0.05, 0.1) is 0 Å². The number of hydrogen-bond donors (Lipinski definition) is 1. The van der Waals surface area contributed by atoms with E-state index in [1.807, 2.05) is 0 Å². The molecule has 0 amide bonds. The smallest absolute Gasteiger partial charge is 0.437 e. The van der Waals surface area contributed by atoms with Crippen molar-refractivity contribution in [3.05, 3.63) is 12.2 Å². The molecule has 122 valence electrons. The zero-order chi connectivity index (χ0) is 16.5. The maximum atomic E-state index is 12.5. The summed E-state index contributed by atoms with van der Waals surface area (Å²) < 4.78 is 79.7. The van der Waals surface area contributed by atoms with Crippen molar-refractivity contribution in [2.75, 3.05) is 0 Å². The van der Waals surface area contributed by atoms with Crippen LogP contribution >= 0.6 is 0 Å². The molecule has 0 saturated heterocycles. The summed E-state index contributed by atoms with van der Waals surface area (Å²) in [6, 6.07) is 0. The summed E-state index contributed by atoms with van der Waals surface area (Å²) in [7, 11) is 0. The monoisotopic (exact) mass is 320 g/mol. The SMILES string of the molecule is CCC1(OC(=O)C(O)(C(F)(F)F)C(F)(F)F)C=CCCC1. The quantitative estimate of drug-likeness (QED) is 0.493. The fourth-order valence-corrected chi connectivity index (χ4v) is 2.00. The van der Waals surface area contributed by atoms with Gasteiger partial charge in [0.15, 0.2) is 0 Å². The molecular weight excluding hydrogens is 306 g/mol. The van der Waals surface area contributed by atoms with Crippen molar-refractivity contribution in [3.8, 4) is 0 Å². The number of halogens is 6. The van der Waals surface area contributed by atoms with Crippen molar-refractivity contribution in [1.29, 1.82) is 0 Å². The van der Waals surface area contributed by atoms with Crippen LogP contribution in [0.2, 0.25) is 0 Å². The van der Waals surface area contributed by atoms with Crippen LogP contribution in [-0.4, -0.2) is 34.6 Å². The van der Waals surface area contributed by atoms with Gasteiger partial charge in [-0.3, -0.25) is 0 Å². The van der Waals surface area contributed by atoms with E-state index < -0.39 is 29.5 Å². The molecule has 0 bridgehead atoms. The third kappa shape index (κ3) is 3.17.